The van der Waals surface area contributed by atoms with Crippen molar-refractivity contribution in [2.45, 2.75) is 88.0 Å². The number of hydrogen-bond acceptors (Lipinski definition) is 9. The molecular formula is C53H56N8O7. The highest BCUT2D eigenvalue weighted by molar-refractivity contribution is 5.89. The van der Waals surface area contributed by atoms with Gasteiger partial charge in [0.1, 0.15) is 23.7 Å². The molecule has 11 rings (SSSR count). The van der Waals surface area contributed by atoms with Gasteiger partial charge in [0.15, 0.2) is 0 Å². The molecule has 68 heavy (non-hydrogen) atoms. The number of ether oxygens (including phenoxy) is 3. The van der Waals surface area contributed by atoms with E-state index in [4.69, 9.17) is 24.2 Å². The van der Waals surface area contributed by atoms with Crippen molar-refractivity contribution in [3.05, 3.63) is 119 Å². The Balaban J connectivity index is 0.804. The van der Waals surface area contributed by atoms with E-state index in [1.807, 2.05) is 46.3 Å². The molecule has 5 heterocycles. The smallest absolute Gasteiger partial charge is 0.407 e. The number of aromatic nitrogens is 4. The fraction of sp³-hybridized carbons (Fsp3) is 0.396. The fourth-order valence-electron chi connectivity index (χ4n) is 11.8. The van der Waals surface area contributed by atoms with E-state index in [1.165, 1.54) is 36.5 Å². The number of nitrogens with one attached hydrogen (secondary N) is 4. The summed E-state index contributed by atoms with van der Waals surface area (Å²) in [6.45, 7) is 1.72. The molecule has 15 heteroatoms. The number of likely N-dealkylation sites (tertiary alicyclic amines) is 2. The number of amides is 4. The van der Waals surface area contributed by atoms with Crippen LogP contribution in [0.2, 0.25) is 0 Å². The molecule has 0 spiro atoms. The Morgan fingerprint density at radius 2 is 1.46 bits per heavy atom. The van der Waals surface area contributed by atoms with E-state index < -0.39 is 24.3 Å². The zero-order valence-electron chi connectivity index (χ0n) is 38.3. The third-order valence-corrected chi connectivity index (χ3v) is 15.2. The molecule has 4 fully saturated rings. The van der Waals surface area contributed by atoms with Gasteiger partial charge in [0, 0.05) is 25.8 Å². The first-order valence-electron chi connectivity index (χ1n) is 24.0. The van der Waals surface area contributed by atoms with Gasteiger partial charge in [-0.15, -0.1) is 0 Å². The Morgan fingerprint density at radius 3 is 2.22 bits per heavy atom. The van der Waals surface area contributed by atoms with Gasteiger partial charge in [0.25, 0.3) is 5.91 Å². The summed E-state index contributed by atoms with van der Waals surface area (Å²) in [5.41, 5.74) is 11.7. The van der Waals surface area contributed by atoms with Gasteiger partial charge in [-0.05, 0) is 132 Å². The number of carbonyl (C=O) groups excluding carboxylic acids is 4. The maximum Gasteiger partial charge on any atom is 0.407 e. The molecule has 2 bridgehead atoms. The number of aromatic amines is 2. The number of nitrogens with zero attached hydrogens (tertiary/aromatic N) is 4. The average molecular weight is 917 g/mol. The van der Waals surface area contributed by atoms with Crippen LogP contribution in [0, 0.1) is 11.8 Å². The lowest BCUT2D eigenvalue weighted by atomic mass is 9.83. The van der Waals surface area contributed by atoms with Gasteiger partial charge in [-0.1, -0.05) is 66.7 Å². The summed E-state index contributed by atoms with van der Waals surface area (Å²) >= 11 is 0. The van der Waals surface area contributed by atoms with E-state index in [-0.39, 0.29) is 41.8 Å². The van der Waals surface area contributed by atoms with Crippen molar-refractivity contribution in [3.63, 3.8) is 0 Å². The van der Waals surface area contributed by atoms with Crippen molar-refractivity contribution >= 4 is 35.0 Å². The zero-order chi connectivity index (χ0) is 46.5. The second kappa shape index (κ2) is 18.2. The van der Waals surface area contributed by atoms with Crippen LogP contribution in [0.1, 0.15) is 91.4 Å². The minimum absolute atomic E-state index is 0.0266. The van der Waals surface area contributed by atoms with Crippen LogP contribution in [0.4, 0.5) is 9.59 Å². The maximum absolute atomic E-state index is 14.4. The van der Waals surface area contributed by atoms with Gasteiger partial charge in [-0.25, -0.2) is 19.6 Å². The Hall–Kier alpha value is -7.00. The van der Waals surface area contributed by atoms with Gasteiger partial charge < -0.3 is 44.6 Å². The molecule has 4 aromatic carbocycles. The van der Waals surface area contributed by atoms with E-state index >= 15 is 0 Å². The van der Waals surface area contributed by atoms with E-state index in [0.29, 0.717) is 38.2 Å². The number of methoxy groups -OCH3 is 2. The Labute approximate surface area is 394 Å². The average Bonchev–Trinajstić information content (AvgIpc) is 4.26. The van der Waals surface area contributed by atoms with Crippen molar-refractivity contribution in [2.75, 3.05) is 34.0 Å². The first-order chi connectivity index (χ1) is 33.2. The number of imidazole rings is 2. The molecule has 6 atom stereocenters. The molecule has 350 valence electrons. The fourth-order valence-corrected chi connectivity index (χ4v) is 11.8. The zero-order valence-corrected chi connectivity index (χ0v) is 38.3. The van der Waals surface area contributed by atoms with Crippen LogP contribution in [-0.4, -0.2) is 99.8 Å². The highest BCUT2D eigenvalue weighted by atomic mass is 16.5. The molecule has 3 aliphatic heterocycles. The highest BCUT2D eigenvalue weighted by Crippen LogP contribution is 2.51. The summed E-state index contributed by atoms with van der Waals surface area (Å²) < 4.78 is 15.4. The van der Waals surface area contributed by atoms with Crippen LogP contribution >= 0.6 is 0 Å². The first-order valence-corrected chi connectivity index (χ1v) is 24.0. The summed E-state index contributed by atoms with van der Waals surface area (Å²) in [5, 5.41) is 5.63. The van der Waals surface area contributed by atoms with Crippen LogP contribution < -0.4 is 10.6 Å². The number of rotatable bonds is 10. The number of hydrogen-bond donors (Lipinski definition) is 4. The molecular weight excluding hydrogens is 861 g/mol. The van der Waals surface area contributed by atoms with Crippen molar-refractivity contribution in [3.8, 4) is 33.5 Å². The Morgan fingerprint density at radius 1 is 0.750 bits per heavy atom. The monoisotopic (exact) mass is 916 g/mol. The molecule has 2 aliphatic carbocycles. The summed E-state index contributed by atoms with van der Waals surface area (Å²) in [6.07, 6.45) is 8.29. The Bertz CT molecular complexity index is 2890. The number of carbonyl (C=O) groups is 4. The van der Waals surface area contributed by atoms with Crippen LogP contribution in [-0.2, 0) is 36.6 Å². The van der Waals surface area contributed by atoms with Crippen molar-refractivity contribution in [1.29, 1.82) is 0 Å². The number of H-pyrrole nitrogens is 2. The number of aryl methyl sites for hydroxylation is 2. The summed E-state index contributed by atoms with van der Waals surface area (Å²) in [5.74, 6) is 1.51. The second-order valence-corrected chi connectivity index (χ2v) is 18.9. The molecule has 4 amide bonds. The molecule has 3 saturated heterocycles. The lowest BCUT2D eigenvalue weighted by Crippen LogP contribution is -2.53. The lowest BCUT2D eigenvalue weighted by molar-refractivity contribution is -0.138. The van der Waals surface area contributed by atoms with E-state index in [1.54, 1.807) is 0 Å². The van der Waals surface area contributed by atoms with Crippen LogP contribution in [0.25, 0.3) is 44.5 Å². The number of benzene rings is 4. The van der Waals surface area contributed by atoms with Gasteiger partial charge in [0.05, 0.1) is 49.2 Å². The number of fused-ring (bicyclic) bond motifs is 6. The van der Waals surface area contributed by atoms with Crippen molar-refractivity contribution in [2.24, 2.45) is 11.8 Å². The molecule has 1 saturated carbocycles. The summed E-state index contributed by atoms with van der Waals surface area (Å²) in [4.78, 5) is 74.3. The van der Waals surface area contributed by atoms with Crippen molar-refractivity contribution < 1.29 is 33.4 Å². The SMILES string of the molecule is COC(=O)NC(C(=O)N1[C@@H]2CC[C@@H](C2)[C@H]1c1nc2ccc(-c3ccc4c(c3)CCc3cc(-c5cnc([C@@H]6CCCN6C(=O)[C@@H](NC(=O)OC)C6CCOCC6)[nH]5)ccc3-4)cc2[nH]1)c1ccccc1. The number of alkyl carbamates (subject to hydrolysis) is 2. The lowest BCUT2D eigenvalue weighted by Gasteiger charge is -2.36. The van der Waals surface area contributed by atoms with E-state index in [9.17, 15) is 19.2 Å². The highest BCUT2D eigenvalue weighted by Gasteiger charge is 2.51. The molecule has 2 aromatic heterocycles. The molecule has 0 radical (unpaired) electrons. The second-order valence-electron chi connectivity index (χ2n) is 18.9. The minimum Gasteiger partial charge on any atom is -0.453 e. The van der Waals surface area contributed by atoms with Crippen LogP contribution in [0.15, 0.2) is 91.1 Å². The minimum atomic E-state index is -0.876. The maximum atomic E-state index is 14.4. The molecule has 5 aliphatic rings. The first kappa shape index (κ1) is 43.6. The Kier molecular flexibility index (Phi) is 11.7. The topological polar surface area (TPSA) is 184 Å². The third-order valence-electron chi connectivity index (χ3n) is 15.2. The molecule has 4 N–H and O–H groups in total. The largest absolute Gasteiger partial charge is 0.453 e. The summed E-state index contributed by atoms with van der Waals surface area (Å²) in [6, 6.07) is 27.1. The van der Waals surface area contributed by atoms with Crippen LogP contribution in [0.3, 0.4) is 0 Å². The summed E-state index contributed by atoms with van der Waals surface area (Å²) in [7, 11) is 2.62. The predicted octanol–water partition coefficient (Wildman–Crippen LogP) is 8.35. The van der Waals surface area contributed by atoms with Crippen LogP contribution in [0.5, 0.6) is 0 Å². The van der Waals surface area contributed by atoms with Gasteiger partial charge in [0.2, 0.25) is 5.91 Å². The standard InChI is InChI=1S/C53H56N8O7/c1-66-52(64)58-45(31-20-23-68-24-21-31)50(62)60-22-6-9-44(60)48-54-29-43(57-48)36-14-18-40-35(26-36)11-10-34-25-32(13-17-39(34)40)33-15-19-41-42(28-33)56-49(55-41)47-37-12-16-38(27-37)61(47)51(63)46(59-53(65)67-2)30-7-4-3-5-8-30/h3-5,7-8,13-15,17-19,25-26,28-29,31,37-38,44-47H,6,9-12,16,20-24,27H2,1-2H3,(H,54,57)(H,55,56)(H,58,64)(H,59,65)/t37-,38+,44-,45-,46?,47-/m0/s1. The quantitative estimate of drug-likeness (QED) is 0.105. The molecule has 15 nitrogen and oxygen atoms in total. The number of piperidine rings is 1. The van der Waals surface area contributed by atoms with E-state index in [0.717, 1.165) is 90.0 Å². The molecule has 1 unspecified atom stereocenters. The molecule has 6 aromatic rings. The predicted molar refractivity (Wildman–Crippen MR) is 254 cm³/mol. The van der Waals surface area contributed by atoms with Gasteiger partial charge in [-0.3, -0.25) is 9.59 Å². The third kappa shape index (κ3) is 8.05. The van der Waals surface area contributed by atoms with Gasteiger partial charge in [-0.2, -0.15) is 0 Å². The van der Waals surface area contributed by atoms with E-state index in [2.05, 4.69) is 75.2 Å². The van der Waals surface area contributed by atoms with Crippen molar-refractivity contribution in [1.82, 2.24) is 40.4 Å². The van der Waals surface area contributed by atoms with Gasteiger partial charge >= 0.3 is 12.2 Å². The normalized spacial score (nSPS) is 21.8.